The van der Waals surface area contributed by atoms with Gasteiger partial charge in [0.2, 0.25) is 0 Å². The van der Waals surface area contributed by atoms with E-state index in [1.165, 1.54) is 0 Å². The van der Waals surface area contributed by atoms with Crippen LogP contribution in [0.4, 0.5) is 0 Å². The number of carboxylic acid groups (broad SMARTS) is 1. The summed E-state index contributed by atoms with van der Waals surface area (Å²) in [5.41, 5.74) is 2.19. The fraction of sp³-hybridized carbons (Fsp3) is 0.467. The summed E-state index contributed by atoms with van der Waals surface area (Å²) in [5, 5.41) is 9.28. The lowest BCUT2D eigenvalue weighted by atomic mass is 10.1. The second-order valence-corrected chi connectivity index (χ2v) is 5.46. The molecule has 20 heavy (non-hydrogen) atoms. The summed E-state index contributed by atoms with van der Waals surface area (Å²) in [4.78, 5) is 15.7. The highest BCUT2D eigenvalue weighted by Crippen LogP contribution is 2.24. The van der Waals surface area contributed by atoms with E-state index in [-0.39, 0.29) is 5.69 Å². The molecule has 0 aliphatic heterocycles. The zero-order valence-corrected chi connectivity index (χ0v) is 12.3. The van der Waals surface area contributed by atoms with Crippen molar-refractivity contribution in [2.24, 2.45) is 5.92 Å². The summed E-state index contributed by atoms with van der Waals surface area (Å²) in [7, 11) is 0. The average molecular weight is 276 g/mol. The summed E-state index contributed by atoms with van der Waals surface area (Å²) in [6.07, 6.45) is 2.72. The van der Waals surface area contributed by atoms with E-state index in [1.54, 1.807) is 17.5 Å². The van der Waals surface area contributed by atoms with Crippen LogP contribution in [0.2, 0.25) is 0 Å². The maximum absolute atomic E-state index is 11.3. The van der Waals surface area contributed by atoms with Crippen molar-refractivity contribution >= 4 is 11.6 Å². The summed E-state index contributed by atoms with van der Waals surface area (Å²) in [6.45, 7) is 8.49. The van der Waals surface area contributed by atoms with Crippen LogP contribution in [0.25, 0.3) is 5.65 Å². The van der Waals surface area contributed by atoms with Gasteiger partial charge >= 0.3 is 5.97 Å². The Morgan fingerprint density at radius 3 is 2.75 bits per heavy atom. The topological polar surface area (TPSA) is 63.8 Å². The molecule has 0 radical (unpaired) electrons. The van der Waals surface area contributed by atoms with Crippen LogP contribution in [0.1, 0.15) is 42.0 Å². The van der Waals surface area contributed by atoms with E-state index in [1.807, 2.05) is 13.0 Å². The molecule has 2 heterocycles. The molecule has 108 valence electrons. The van der Waals surface area contributed by atoms with Gasteiger partial charge in [-0.15, -0.1) is 0 Å². The molecule has 0 aliphatic rings. The predicted molar refractivity (Wildman–Crippen MR) is 76.6 cm³/mol. The highest BCUT2D eigenvalue weighted by molar-refractivity contribution is 5.88. The number of carbonyl (C=O) groups is 1. The monoisotopic (exact) mass is 276 g/mol. The van der Waals surface area contributed by atoms with E-state index in [2.05, 4.69) is 18.8 Å². The van der Waals surface area contributed by atoms with Crippen molar-refractivity contribution in [2.75, 3.05) is 6.61 Å². The zero-order chi connectivity index (χ0) is 14.9. The molecule has 0 spiro atoms. The number of ether oxygens (including phenoxy) is 1. The number of aromatic carboxylic acids is 1. The van der Waals surface area contributed by atoms with Crippen LogP contribution in [0.3, 0.4) is 0 Å². The van der Waals surface area contributed by atoms with Crippen LogP contribution in [-0.2, 0) is 0 Å². The van der Waals surface area contributed by atoms with Gasteiger partial charge in [0.05, 0.1) is 12.3 Å². The van der Waals surface area contributed by atoms with Gasteiger partial charge in [-0.3, -0.25) is 4.40 Å². The minimum absolute atomic E-state index is 0.192. The Balaban J connectivity index is 2.45. The third kappa shape index (κ3) is 2.76. The highest BCUT2D eigenvalue weighted by atomic mass is 16.5. The molecule has 0 fully saturated rings. The van der Waals surface area contributed by atoms with E-state index in [0.717, 1.165) is 12.0 Å². The third-order valence-electron chi connectivity index (χ3n) is 3.15. The molecule has 0 atom stereocenters. The molecule has 1 N–H and O–H groups in total. The Morgan fingerprint density at radius 1 is 1.45 bits per heavy atom. The summed E-state index contributed by atoms with van der Waals surface area (Å²) < 4.78 is 7.38. The molecule has 0 aromatic carbocycles. The van der Waals surface area contributed by atoms with E-state index >= 15 is 0 Å². The van der Waals surface area contributed by atoms with Crippen molar-refractivity contribution in [1.82, 2.24) is 9.38 Å². The van der Waals surface area contributed by atoms with Crippen LogP contribution in [0.15, 0.2) is 12.3 Å². The first-order valence-electron chi connectivity index (χ1n) is 6.75. The van der Waals surface area contributed by atoms with Gasteiger partial charge < -0.3 is 9.84 Å². The van der Waals surface area contributed by atoms with Gasteiger partial charge in [-0.25, -0.2) is 9.78 Å². The van der Waals surface area contributed by atoms with Gasteiger partial charge in [-0.2, -0.15) is 0 Å². The maximum Gasteiger partial charge on any atom is 0.354 e. The van der Waals surface area contributed by atoms with E-state index in [4.69, 9.17) is 4.74 Å². The lowest BCUT2D eigenvalue weighted by Crippen LogP contribution is -2.06. The van der Waals surface area contributed by atoms with Crippen molar-refractivity contribution in [3.63, 3.8) is 0 Å². The van der Waals surface area contributed by atoms with Crippen molar-refractivity contribution in [2.45, 2.75) is 34.1 Å². The Labute approximate surface area is 118 Å². The Morgan fingerprint density at radius 2 is 2.15 bits per heavy atom. The summed E-state index contributed by atoms with van der Waals surface area (Å²) in [5.74, 6) is 0.224. The smallest absolute Gasteiger partial charge is 0.354 e. The molecule has 5 nitrogen and oxygen atoms in total. The van der Waals surface area contributed by atoms with Crippen LogP contribution in [0, 0.1) is 19.8 Å². The number of imidazole rings is 1. The molecule has 0 aliphatic carbocycles. The van der Waals surface area contributed by atoms with Gasteiger partial charge in [-0.1, -0.05) is 13.8 Å². The molecule has 0 saturated heterocycles. The van der Waals surface area contributed by atoms with E-state index in [0.29, 0.717) is 29.6 Å². The maximum atomic E-state index is 11.3. The lowest BCUT2D eigenvalue weighted by Gasteiger charge is -2.10. The zero-order valence-electron chi connectivity index (χ0n) is 12.3. The van der Waals surface area contributed by atoms with Crippen molar-refractivity contribution in [3.8, 4) is 5.75 Å². The normalized spacial score (nSPS) is 11.2. The Hall–Kier alpha value is -2.04. The van der Waals surface area contributed by atoms with Gasteiger partial charge in [0.1, 0.15) is 0 Å². The molecule has 2 rings (SSSR count). The Kier molecular flexibility index (Phi) is 3.97. The van der Waals surface area contributed by atoms with Crippen LogP contribution in [0.5, 0.6) is 5.75 Å². The number of pyridine rings is 1. The lowest BCUT2D eigenvalue weighted by molar-refractivity contribution is 0.0688. The molecule has 5 heteroatoms. The molecular weight excluding hydrogens is 256 g/mol. The molecule has 0 saturated carbocycles. The van der Waals surface area contributed by atoms with Crippen LogP contribution >= 0.6 is 0 Å². The molecule has 0 unspecified atom stereocenters. The summed E-state index contributed by atoms with van der Waals surface area (Å²) >= 11 is 0. The molecule has 0 bridgehead atoms. The first-order chi connectivity index (χ1) is 9.40. The fourth-order valence-corrected chi connectivity index (χ4v) is 2.13. The third-order valence-corrected chi connectivity index (χ3v) is 3.15. The van der Waals surface area contributed by atoms with Crippen LogP contribution in [-0.4, -0.2) is 27.1 Å². The van der Waals surface area contributed by atoms with E-state index in [9.17, 15) is 9.90 Å². The van der Waals surface area contributed by atoms with Gasteiger partial charge in [-0.05, 0) is 37.8 Å². The van der Waals surface area contributed by atoms with E-state index < -0.39 is 5.97 Å². The average Bonchev–Trinajstić information content (AvgIpc) is 2.64. The quantitative estimate of drug-likeness (QED) is 0.911. The van der Waals surface area contributed by atoms with Gasteiger partial charge in [0, 0.05) is 6.20 Å². The van der Waals surface area contributed by atoms with Crippen molar-refractivity contribution in [1.29, 1.82) is 0 Å². The molecular formula is C15H20N2O3. The number of rotatable bonds is 5. The Bertz CT molecular complexity index is 644. The van der Waals surface area contributed by atoms with Crippen molar-refractivity contribution < 1.29 is 14.6 Å². The summed E-state index contributed by atoms with van der Waals surface area (Å²) in [6, 6.07) is 1.90. The van der Waals surface area contributed by atoms with Crippen LogP contribution < -0.4 is 4.74 Å². The molecule has 2 aromatic heterocycles. The number of aryl methyl sites for hydroxylation is 2. The van der Waals surface area contributed by atoms with Crippen molar-refractivity contribution in [3.05, 3.63) is 29.2 Å². The number of hydrogen-bond donors (Lipinski definition) is 1. The SMILES string of the molecule is Cc1cc(OCCC(C)C)c2nc(C)c(C(=O)O)n2c1. The highest BCUT2D eigenvalue weighted by Gasteiger charge is 2.18. The van der Waals surface area contributed by atoms with Gasteiger partial charge in [0.25, 0.3) is 0 Å². The largest absolute Gasteiger partial charge is 0.490 e. The fourth-order valence-electron chi connectivity index (χ4n) is 2.13. The number of carboxylic acids is 1. The van der Waals surface area contributed by atoms with Gasteiger partial charge in [0.15, 0.2) is 17.1 Å². The molecule has 2 aromatic rings. The first-order valence-corrected chi connectivity index (χ1v) is 6.75. The standard InChI is InChI=1S/C15H20N2O3/c1-9(2)5-6-20-12-7-10(3)8-17-13(15(18)19)11(4)16-14(12)17/h7-9H,5-6H2,1-4H3,(H,18,19). The predicted octanol–water partition coefficient (Wildman–Crippen LogP) is 3.07. The molecule has 0 amide bonds. The number of aromatic nitrogens is 2. The minimum Gasteiger partial charge on any atom is -0.490 e. The first kappa shape index (κ1) is 14.4. The number of fused-ring (bicyclic) bond motifs is 1. The second kappa shape index (κ2) is 5.53. The second-order valence-electron chi connectivity index (χ2n) is 5.46. The number of nitrogens with zero attached hydrogens (tertiary/aromatic N) is 2. The number of hydrogen-bond acceptors (Lipinski definition) is 3. The minimum atomic E-state index is -0.978.